The smallest absolute Gasteiger partial charge is 0.0424 e. The number of hydrogen-bond acceptors (Lipinski definition) is 3. The van der Waals surface area contributed by atoms with Gasteiger partial charge in [0.15, 0.2) is 0 Å². The van der Waals surface area contributed by atoms with E-state index in [0.717, 1.165) is 6.54 Å². The summed E-state index contributed by atoms with van der Waals surface area (Å²) < 4.78 is 0. The largest absolute Gasteiger partial charge is 0.312 e. The van der Waals surface area contributed by atoms with Gasteiger partial charge in [0.25, 0.3) is 0 Å². The van der Waals surface area contributed by atoms with Crippen LogP contribution in [0.2, 0.25) is 0 Å². The Labute approximate surface area is 90.9 Å². The summed E-state index contributed by atoms with van der Waals surface area (Å²) in [6, 6.07) is 4.94. The van der Waals surface area contributed by atoms with Crippen molar-refractivity contribution in [3.8, 4) is 0 Å². The molecule has 0 amide bonds. The lowest BCUT2D eigenvalue weighted by Gasteiger charge is -2.17. The molecule has 0 radical (unpaired) electrons. The summed E-state index contributed by atoms with van der Waals surface area (Å²) >= 11 is 1.89. The quantitative estimate of drug-likeness (QED) is 0.805. The van der Waals surface area contributed by atoms with Crippen LogP contribution in [-0.2, 0) is 0 Å². The average molecular weight is 212 g/mol. The molecule has 0 fully saturated rings. The van der Waals surface area contributed by atoms with Gasteiger partial charge in [-0.05, 0) is 53.2 Å². The molecule has 2 nitrogen and oxygen atoms in total. The van der Waals surface area contributed by atoms with E-state index in [1.807, 2.05) is 18.4 Å². The molecular weight excluding hydrogens is 192 g/mol. The third-order valence-electron chi connectivity index (χ3n) is 2.32. The van der Waals surface area contributed by atoms with Crippen LogP contribution < -0.4 is 5.32 Å². The number of hydrogen-bond donors (Lipinski definition) is 1. The van der Waals surface area contributed by atoms with Crippen LogP contribution in [0.5, 0.6) is 0 Å². The molecule has 0 spiro atoms. The monoisotopic (exact) mass is 212 g/mol. The molecule has 0 aromatic carbocycles. The Hall–Kier alpha value is -0.380. The maximum absolute atomic E-state index is 3.37. The molecule has 0 aliphatic rings. The zero-order valence-corrected chi connectivity index (χ0v) is 10.3. The average Bonchev–Trinajstić information content (AvgIpc) is 2.53. The predicted octanol–water partition coefficient (Wildman–Crippen LogP) is 2.27. The van der Waals surface area contributed by atoms with Gasteiger partial charge in [-0.2, -0.15) is 0 Å². The van der Waals surface area contributed by atoms with Gasteiger partial charge in [-0.15, -0.1) is 11.3 Å². The Morgan fingerprint density at radius 1 is 1.43 bits per heavy atom. The minimum absolute atomic E-state index is 0.510. The van der Waals surface area contributed by atoms with Crippen molar-refractivity contribution in [3.63, 3.8) is 0 Å². The van der Waals surface area contributed by atoms with Crippen LogP contribution in [-0.4, -0.2) is 32.6 Å². The Balaban J connectivity index is 2.54. The number of thiophene rings is 1. The Kier molecular flexibility index (Phi) is 4.58. The second-order valence-corrected chi connectivity index (χ2v) is 5.20. The van der Waals surface area contributed by atoms with E-state index < -0.39 is 0 Å². The fourth-order valence-electron chi connectivity index (χ4n) is 1.46. The Morgan fingerprint density at radius 2 is 2.14 bits per heavy atom. The van der Waals surface area contributed by atoms with Crippen LogP contribution in [0.4, 0.5) is 0 Å². The van der Waals surface area contributed by atoms with Crippen molar-refractivity contribution in [2.75, 3.05) is 27.7 Å². The fraction of sp³-hybridized carbons (Fsp3) is 0.636. The van der Waals surface area contributed by atoms with Gasteiger partial charge in [-0.3, -0.25) is 0 Å². The first-order chi connectivity index (χ1) is 6.63. The lowest BCUT2D eigenvalue weighted by Crippen LogP contribution is -2.22. The van der Waals surface area contributed by atoms with Gasteiger partial charge >= 0.3 is 0 Å². The first-order valence-electron chi connectivity index (χ1n) is 5.02. The van der Waals surface area contributed by atoms with Crippen LogP contribution >= 0.6 is 11.3 Å². The van der Waals surface area contributed by atoms with E-state index >= 15 is 0 Å². The molecular formula is C11H20N2S. The van der Waals surface area contributed by atoms with E-state index in [1.165, 1.54) is 16.2 Å². The molecule has 1 unspecified atom stereocenters. The SMILES string of the molecule is CNC(CCN(C)C)c1ccc(C)s1. The summed E-state index contributed by atoms with van der Waals surface area (Å²) in [5.74, 6) is 0. The number of aryl methyl sites for hydroxylation is 1. The Morgan fingerprint density at radius 3 is 2.57 bits per heavy atom. The molecule has 1 heterocycles. The van der Waals surface area contributed by atoms with Crippen molar-refractivity contribution in [2.24, 2.45) is 0 Å². The molecule has 0 aliphatic heterocycles. The molecule has 0 saturated carbocycles. The van der Waals surface area contributed by atoms with E-state index in [0.29, 0.717) is 6.04 Å². The van der Waals surface area contributed by atoms with Crippen LogP contribution in [0.1, 0.15) is 22.2 Å². The maximum atomic E-state index is 3.37. The summed E-state index contributed by atoms with van der Waals surface area (Å²) in [6.45, 7) is 3.29. The van der Waals surface area contributed by atoms with Crippen LogP contribution in [0.15, 0.2) is 12.1 Å². The van der Waals surface area contributed by atoms with Gasteiger partial charge in [0.2, 0.25) is 0 Å². The highest BCUT2D eigenvalue weighted by Gasteiger charge is 2.10. The molecule has 1 aromatic rings. The molecule has 0 aliphatic carbocycles. The molecule has 1 aromatic heterocycles. The van der Waals surface area contributed by atoms with E-state index in [9.17, 15) is 0 Å². The van der Waals surface area contributed by atoms with Crippen LogP contribution in [0, 0.1) is 6.92 Å². The van der Waals surface area contributed by atoms with Crippen molar-refractivity contribution in [3.05, 3.63) is 21.9 Å². The van der Waals surface area contributed by atoms with E-state index in [4.69, 9.17) is 0 Å². The minimum Gasteiger partial charge on any atom is -0.312 e. The molecule has 1 N–H and O–H groups in total. The number of rotatable bonds is 5. The van der Waals surface area contributed by atoms with E-state index in [-0.39, 0.29) is 0 Å². The summed E-state index contributed by atoms with van der Waals surface area (Å²) in [5, 5.41) is 3.37. The van der Waals surface area contributed by atoms with Crippen LogP contribution in [0.3, 0.4) is 0 Å². The van der Waals surface area contributed by atoms with Gasteiger partial charge in [0, 0.05) is 15.8 Å². The summed E-state index contributed by atoms with van der Waals surface area (Å²) in [6.07, 6.45) is 1.17. The summed E-state index contributed by atoms with van der Waals surface area (Å²) in [4.78, 5) is 5.07. The highest BCUT2D eigenvalue weighted by Crippen LogP contribution is 2.24. The number of nitrogens with one attached hydrogen (secondary N) is 1. The van der Waals surface area contributed by atoms with Crippen molar-refractivity contribution in [2.45, 2.75) is 19.4 Å². The zero-order chi connectivity index (χ0) is 10.6. The third-order valence-corrected chi connectivity index (χ3v) is 3.43. The topological polar surface area (TPSA) is 15.3 Å². The van der Waals surface area contributed by atoms with Crippen molar-refractivity contribution >= 4 is 11.3 Å². The summed E-state index contributed by atoms with van der Waals surface area (Å²) in [7, 11) is 6.27. The molecule has 1 atom stereocenters. The van der Waals surface area contributed by atoms with Crippen molar-refractivity contribution in [1.29, 1.82) is 0 Å². The maximum Gasteiger partial charge on any atom is 0.0424 e. The zero-order valence-electron chi connectivity index (χ0n) is 9.50. The molecule has 3 heteroatoms. The van der Waals surface area contributed by atoms with Gasteiger partial charge in [0.05, 0.1) is 0 Å². The lowest BCUT2D eigenvalue weighted by atomic mass is 10.1. The molecule has 0 bridgehead atoms. The minimum atomic E-state index is 0.510. The van der Waals surface area contributed by atoms with E-state index in [2.05, 4.69) is 43.4 Å². The second-order valence-electron chi connectivity index (χ2n) is 3.88. The first-order valence-corrected chi connectivity index (χ1v) is 5.83. The second kappa shape index (κ2) is 5.49. The highest BCUT2D eigenvalue weighted by molar-refractivity contribution is 7.12. The van der Waals surface area contributed by atoms with Crippen molar-refractivity contribution < 1.29 is 0 Å². The van der Waals surface area contributed by atoms with Gasteiger partial charge in [-0.25, -0.2) is 0 Å². The fourth-order valence-corrected chi connectivity index (χ4v) is 2.48. The third kappa shape index (κ3) is 3.40. The van der Waals surface area contributed by atoms with E-state index in [1.54, 1.807) is 0 Å². The molecule has 0 saturated heterocycles. The van der Waals surface area contributed by atoms with Gasteiger partial charge < -0.3 is 10.2 Å². The number of nitrogens with zero attached hydrogens (tertiary/aromatic N) is 1. The summed E-state index contributed by atoms with van der Waals surface area (Å²) in [5.41, 5.74) is 0. The van der Waals surface area contributed by atoms with Gasteiger partial charge in [-0.1, -0.05) is 0 Å². The molecule has 1 rings (SSSR count). The van der Waals surface area contributed by atoms with Crippen molar-refractivity contribution in [1.82, 2.24) is 10.2 Å². The standard InChI is InChI=1S/C11H20N2S/c1-9-5-6-11(14-9)10(12-2)7-8-13(3)4/h5-6,10,12H,7-8H2,1-4H3. The normalized spacial score (nSPS) is 13.5. The lowest BCUT2D eigenvalue weighted by molar-refractivity contribution is 0.370. The first kappa shape index (κ1) is 11.7. The van der Waals surface area contributed by atoms with Crippen LogP contribution in [0.25, 0.3) is 0 Å². The molecule has 80 valence electrons. The Bertz CT molecular complexity index is 268. The molecule has 14 heavy (non-hydrogen) atoms. The van der Waals surface area contributed by atoms with Gasteiger partial charge in [0.1, 0.15) is 0 Å². The highest BCUT2D eigenvalue weighted by atomic mass is 32.1. The predicted molar refractivity (Wildman–Crippen MR) is 64.0 cm³/mol.